The lowest BCUT2D eigenvalue weighted by atomic mass is 9.76. The van der Waals surface area contributed by atoms with Crippen molar-refractivity contribution in [1.82, 2.24) is 4.40 Å². The summed E-state index contributed by atoms with van der Waals surface area (Å²) in [5.74, 6) is 0.688. The molecule has 9 rings (SSSR count). The van der Waals surface area contributed by atoms with Crippen molar-refractivity contribution in [2.45, 2.75) is 12.8 Å². The molecule has 0 spiro atoms. The van der Waals surface area contributed by atoms with Crippen molar-refractivity contribution in [3.05, 3.63) is 145 Å². The van der Waals surface area contributed by atoms with Gasteiger partial charge < -0.3 is 4.40 Å². The van der Waals surface area contributed by atoms with Gasteiger partial charge in [0.1, 0.15) is 0 Å². The molecule has 0 fully saturated rings. The molecule has 1 aliphatic rings. The van der Waals surface area contributed by atoms with Crippen LogP contribution in [-0.2, 0) is 0 Å². The highest BCUT2D eigenvalue weighted by molar-refractivity contribution is 6.26. The third kappa shape index (κ3) is 2.98. The zero-order valence-corrected chi connectivity index (χ0v) is 22.3. The molecule has 0 saturated heterocycles. The number of hydrogen-bond donors (Lipinski definition) is 0. The predicted octanol–water partition coefficient (Wildman–Crippen LogP) is 10.5. The number of allylic oxidation sites excluding steroid dienone is 4. The van der Waals surface area contributed by atoms with Gasteiger partial charge in [-0.1, -0.05) is 104 Å². The van der Waals surface area contributed by atoms with Crippen LogP contribution in [0.2, 0.25) is 0 Å². The molecule has 6 aromatic carbocycles. The monoisotopic (exact) mass is 509 g/mol. The topological polar surface area (TPSA) is 4.41 Å². The maximum Gasteiger partial charge on any atom is 0.0620 e. The van der Waals surface area contributed by atoms with Crippen LogP contribution in [0.25, 0.3) is 65.2 Å². The Morgan fingerprint density at radius 2 is 1.07 bits per heavy atom. The van der Waals surface area contributed by atoms with Gasteiger partial charge in [0.25, 0.3) is 0 Å². The van der Waals surface area contributed by atoms with Crippen LogP contribution in [0, 0.1) is 5.92 Å². The Morgan fingerprint density at radius 1 is 0.550 bits per heavy atom. The molecule has 1 aliphatic carbocycles. The Kier molecular flexibility index (Phi) is 4.43. The molecule has 2 aromatic heterocycles. The molecule has 1 nitrogen and oxygen atoms in total. The quantitative estimate of drug-likeness (QED) is 0.218. The van der Waals surface area contributed by atoms with E-state index in [1.54, 1.807) is 0 Å². The van der Waals surface area contributed by atoms with Crippen molar-refractivity contribution < 1.29 is 0 Å². The molecule has 0 N–H and O–H groups in total. The summed E-state index contributed by atoms with van der Waals surface area (Å²) in [7, 11) is 0. The molecule has 2 atom stereocenters. The van der Waals surface area contributed by atoms with Crippen LogP contribution in [0.4, 0.5) is 0 Å². The van der Waals surface area contributed by atoms with Crippen LogP contribution in [0.5, 0.6) is 0 Å². The van der Waals surface area contributed by atoms with Crippen molar-refractivity contribution >= 4 is 65.2 Å². The Balaban J connectivity index is 1.38. The number of benzene rings is 6. The maximum absolute atomic E-state index is 2.52. The minimum atomic E-state index is 0.309. The first-order chi connectivity index (χ1) is 19.7. The zero-order valence-electron chi connectivity index (χ0n) is 22.3. The molecule has 0 bridgehead atoms. The van der Waals surface area contributed by atoms with E-state index >= 15 is 0 Å². The van der Waals surface area contributed by atoms with Gasteiger partial charge in [0.15, 0.2) is 0 Å². The molecule has 1 heteroatoms. The van der Waals surface area contributed by atoms with Crippen LogP contribution >= 0.6 is 0 Å². The summed E-state index contributed by atoms with van der Waals surface area (Å²) in [4.78, 5) is 0. The van der Waals surface area contributed by atoms with Gasteiger partial charge in [0, 0.05) is 27.5 Å². The van der Waals surface area contributed by atoms with Gasteiger partial charge in [-0.05, 0) is 80.6 Å². The first-order valence-corrected chi connectivity index (χ1v) is 14.2. The van der Waals surface area contributed by atoms with E-state index in [0.29, 0.717) is 11.8 Å². The molecular weight excluding hydrogens is 482 g/mol. The second-order valence-electron chi connectivity index (χ2n) is 11.4. The minimum absolute atomic E-state index is 0.309. The fourth-order valence-electron chi connectivity index (χ4n) is 7.31. The lowest BCUT2D eigenvalue weighted by molar-refractivity contribution is 0.654. The maximum atomic E-state index is 2.52. The SMILES string of the molecule is CC1C(c2ccccc2)=CC=CC1c1cc2c3cc4ccccc4cc3n3c4cc5ccccc5cc4c(c1)c23. The van der Waals surface area contributed by atoms with Gasteiger partial charge in [-0.3, -0.25) is 0 Å². The molecule has 0 aliphatic heterocycles. The summed E-state index contributed by atoms with van der Waals surface area (Å²) in [6, 6.07) is 42.9. The summed E-state index contributed by atoms with van der Waals surface area (Å²) < 4.78 is 2.52. The number of fused-ring (bicyclic) bond motifs is 8. The first-order valence-electron chi connectivity index (χ1n) is 14.2. The van der Waals surface area contributed by atoms with Crippen LogP contribution < -0.4 is 0 Å². The van der Waals surface area contributed by atoms with E-state index in [0.717, 1.165) is 0 Å². The van der Waals surface area contributed by atoms with Gasteiger partial charge in [-0.15, -0.1) is 0 Å². The Bertz CT molecular complexity index is 2210. The van der Waals surface area contributed by atoms with Gasteiger partial charge in [0.2, 0.25) is 0 Å². The summed E-state index contributed by atoms with van der Waals surface area (Å²) >= 11 is 0. The van der Waals surface area contributed by atoms with E-state index in [2.05, 4.69) is 145 Å². The fraction of sp³-hybridized carbons (Fsp3) is 0.0769. The third-order valence-corrected chi connectivity index (χ3v) is 9.26. The van der Waals surface area contributed by atoms with Gasteiger partial charge in [0.05, 0.1) is 16.6 Å². The predicted molar refractivity (Wildman–Crippen MR) is 172 cm³/mol. The van der Waals surface area contributed by atoms with E-state index in [9.17, 15) is 0 Å². The number of rotatable bonds is 2. The second kappa shape index (κ2) is 8.07. The molecule has 40 heavy (non-hydrogen) atoms. The van der Waals surface area contributed by atoms with E-state index in [1.165, 1.54) is 76.3 Å². The first kappa shape index (κ1) is 22.0. The lowest BCUT2D eigenvalue weighted by Crippen LogP contribution is -2.12. The van der Waals surface area contributed by atoms with Crippen LogP contribution in [0.15, 0.2) is 133 Å². The summed E-state index contributed by atoms with van der Waals surface area (Å²) in [5.41, 5.74) is 8.03. The van der Waals surface area contributed by atoms with Crippen molar-refractivity contribution in [3.63, 3.8) is 0 Å². The molecule has 0 saturated carbocycles. The molecule has 2 unspecified atom stereocenters. The van der Waals surface area contributed by atoms with Gasteiger partial charge >= 0.3 is 0 Å². The van der Waals surface area contributed by atoms with Crippen molar-refractivity contribution in [2.24, 2.45) is 5.92 Å². The van der Waals surface area contributed by atoms with Gasteiger partial charge in [-0.25, -0.2) is 0 Å². The van der Waals surface area contributed by atoms with E-state index < -0.39 is 0 Å². The third-order valence-electron chi connectivity index (χ3n) is 9.26. The Labute approximate surface area is 232 Å². The number of aromatic nitrogens is 1. The molecule has 0 amide bonds. The van der Waals surface area contributed by atoms with E-state index in [1.807, 2.05) is 0 Å². The van der Waals surface area contributed by atoms with Gasteiger partial charge in [-0.2, -0.15) is 0 Å². The normalized spacial score (nSPS) is 17.7. The standard InChI is InChI=1S/C39H27N/c1-24-31(25-10-3-2-4-11-25)16-9-17-32(24)30-20-35-33-18-26-12-5-7-14-28(26)22-37(33)40-38-23-29-15-8-6-13-27(29)19-34(38)36(21-30)39(35)40/h2-24,32H,1H3. The van der Waals surface area contributed by atoms with Crippen molar-refractivity contribution in [1.29, 1.82) is 0 Å². The second-order valence-corrected chi connectivity index (χ2v) is 11.4. The largest absolute Gasteiger partial charge is 0.308 e. The Hall–Kier alpha value is -4.88. The van der Waals surface area contributed by atoms with Crippen LogP contribution in [0.1, 0.15) is 24.0 Å². The Morgan fingerprint density at radius 3 is 1.65 bits per heavy atom. The average Bonchev–Trinajstić information content (AvgIpc) is 3.49. The molecule has 0 radical (unpaired) electrons. The summed E-state index contributed by atoms with van der Waals surface area (Å²) in [6.45, 7) is 2.38. The number of hydrogen-bond acceptors (Lipinski definition) is 0. The minimum Gasteiger partial charge on any atom is -0.308 e. The van der Waals surface area contributed by atoms with Crippen molar-refractivity contribution in [3.8, 4) is 0 Å². The zero-order chi connectivity index (χ0) is 26.4. The molecule has 188 valence electrons. The van der Waals surface area contributed by atoms with Crippen LogP contribution in [-0.4, -0.2) is 4.40 Å². The van der Waals surface area contributed by atoms with E-state index in [4.69, 9.17) is 0 Å². The van der Waals surface area contributed by atoms with Crippen LogP contribution in [0.3, 0.4) is 0 Å². The lowest BCUT2D eigenvalue weighted by Gasteiger charge is -2.27. The fourth-order valence-corrected chi connectivity index (χ4v) is 7.31. The smallest absolute Gasteiger partial charge is 0.0620 e. The summed E-state index contributed by atoms with van der Waals surface area (Å²) in [5, 5.41) is 10.5. The van der Waals surface area contributed by atoms with E-state index in [-0.39, 0.29) is 0 Å². The average molecular weight is 510 g/mol. The summed E-state index contributed by atoms with van der Waals surface area (Å²) in [6.07, 6.45) is 6.96. The molecule has 2 heterocycles. The highest BCUT2D eigenvalue weighted by atomic mass is 14.9. The highest BCUT2D eigenvalue weighted by Crippen LogP contribution is 2.46. The number of nitrogens with zero attached hydrogens (tertiary/aromatic N) is 1. The van der Waals surface area contributed by atoms with Crippen molar-refractivity contribution in [2.75, 3.05) is 0 Å². The highest BCUT2D eigenvalue weighted by Gasteiger charge is 2.26. The molecule has 8 aromatic rings. The molecular formula is C39H27N.